The number of carboxylic acids is 3. The Morgan fingerprint density at radius 1 is 0.654 bits per heavy atom. The number of carbonyl (C=O) groups is 12. The summed E-state index contributed by atoms with van der Waals surface area (Å²) in [5.41, 5.74) is 2.11. The van der Waals surface area contributed by atoms with Crippen molar-refractivity contribution in [3.05, 3.63) is 29.3 Å². The van der Waals surface area contributed by atoms with Crippen molar-refractivity contribution in [1.82, 2.24) is 56.4 Å². The lowest BCUT2D eigenvalue weighted by molar-refractivity contribution is -0.155. The molecule has 29 nitrogen and oxygen atoms in total. The number of aliphatic carboxylic acids is 3. The van der Waals surface area contributed by atoms with Crippen LogP contribution in [0.1, 0.15) is 69.9 Å². The highest BCUT2D eigenvalue weighted by atomic mass is 16.6. The molecule has 0 spiro atoms. The Labute approximate surface area is 467 Å². The lowest BCUT2D eigenvalue weighted by atomic mass is 9.97. The Morgan fingerprint density at radius 3 is 1.83 bits per heavy atom. The van der Waals surface area contributed by atoms with Crippen molar-refractivity contribution in [3.63, 3.8) is 0 Å². The van der Waals surface area contributed by atoms with Gasteiger partial charge in [0, 0.05) is 104 Å². The highest BCUT2D eigenvalue weighted by molar-refractivity contribution is 6.08. The van der Waals surface area contributed by atoms with E-state index < -0.39 is 114 Å². The maximum absolute atomic E-state index is 14.3. The molecule has 0 aliphatic carbocycles. The zero-order valence-electron chi connectivity index (χ0n) is 45.7. The van der Waals surface area contributed by atoms with Crippen molar-refractivity contribution in [2.75, 3.05) is 110 Å². The molecule has 7 atom stereocenters. The van der Waals surface area contributed by atoms with Crippen LogP contribution in [0.3, 0.4) is 0 Å². The summed E-state index contributed by atoms with van der Waals surface area (Å²) in [6.07, 6.45) is -1.76. The molecule has 8 amide bonds. The van der Waals surface area contributed by atoms with Gasteiger partial charge in [0.25, 0.3) is 0 Å². The van der Waals surface area contributed by atoms with Gasteiger partial charge in [-0.1, -0.05) is 38.5 Å². The number of nitrogens with one attached hydrogen (secondary N) is 6. The minimum absolute atomic E-state index is 0.0269. The molecular formula is C52H76N12O17. The average molecular weight is 1140 g/mol. The van der Waals surface area contributed by atoms with Gasteiger partial charge in [-0.3, -0.25) is 82.0 Å². The summed E-state index contributed by atoms with van der Waals surface area (Å²) in [6, 6.07) is -0.0102. The number of rotatable bonds is 26. The van der Waals surface area contributed by atoms with Crippen LogP contribution in [0.15, 0.2) is 18.2 Å². The number of aliphatic hydroxyl groups is 1. The van der Waals surface area contributed by atoms with Gasteiger partial charge in [-0.05, 0) is 36.3 Å². The monoisotopic (exact) mass is 1140 g/mol. The second kappa shape index (κ2) is 29.9. The van der Waals surface area contributed by atoms with E-state index in [2.05, 4.69) is 31.9 Å². The Morgan fingerprint density at radius 2 is 1.23 bits per heavy atom. The van der Waals surface area contributed by atoms with Crippen molar-refractivity contribution in [2.45, 2.75) is 108 Å². The Hall–Kier alpha value is -7.34. The summed E-state index contributed by atoms with van der Waals surface area (Å²) < 4.78 is 4.76. The number of esters is 1. The quantitative estimate of drug-likeness (QED) is 0.0390. The second-order valence-corrected chi connectivity index (χ2v) is 21.0. The largest absolute Gasteiger partial charge is 0.481 e. The fraction of sp³-hybridized carbons (Fsp3) is 0.654. The van der Waals surface area contributed by atoms with E-state index in [1.807, 2.05) is 24.0 Å². The van der Waals surface area contributed by atoms with Crippen LogP contribution < -0.4 is 36.8 Å². The molecule has 0 radical (unpaired) electrons. The summed E-state index contributed by atoms with van der Waals surface area (Å²) in [5.74, 6) is -8.69. The molecule has 81 heavy (non-hydrogen) atoms. The molecule has 5 heterocycles. The van der Waals surface area contributed by atoms with E-state index in [4.69, 9.17) is 4.74 Å². The van der Waals surface area contributed by atoms with Gasteiger partial charge in [0.05, 0.1) is 38.3 Å². The van der Waals surface area contributed by atoms with Crippen molar-refractivity contribution in [2.24, 2.45) is 5.92 Å². The Kier molecular flexibility index (Phi) is 23.2. The minimum atomic E-state index is -1.54. The normalized spacial score (nSPS) is 22.0. The van der Waals surface area contributed by atoms with Crippen LogP contribution in [0, 0.1) is 5.92 Å². The molecule has 0 aromatic heterocycles. The van der Waals surface area contributed by atoms with Crippen LogP contribution in [-0.2, 0) is 75.1 Å². The molecule has 5 aliphatic rings. The third-order valence-electron chi connectivity index (χ3n) is 15.1. The number of para-hydroxylation sites is 1. The van der Waals surface area contributed by atoms with Gasteiger partial charge in [-0.2, -0.15) is 0 Å². The molecular weight excluding hydrogens is 1060 g/mol. The number of hydrogen-bond acceptors (Lipinski definition) is 18. The van der Waals surface area contributed by atoms with Gasteiger partial charge in [-0.15, -0.1) is 0 Å². The van der Waals surface area contributed by atoms with Gasteiger partial charge >= 0.3 is 23.9 Å². The first-order valence-corrected chi connectivity index (χ1v) is 27.5. The molecule has 5 aliphatic heterocycles. The van der Waals surface area contributed by atoms with Crippen LogP contribution in [0.5, 0.6) is 0 Å². The van der Waals surface area contributed by atoms with Gasteiger partial charge < -0.3 is 62.0 Å². The van der Waals surface area contributed by atoms with Gasteiger partial charge in [0.1, 0.15) is 30.2 Å². The van der Waals surface area contributed by atoms with Gasteiger partial charge in [0.15, 0.2) is 0 Å². The minimum Gasteiger partial charge on any atom is -0.481 e. The molecule has 1 aromatic carbocycles. The summed E-state index contributed by atoms with van der Waals surface area (Å²) in [7, 11) is 0. The van der Waals surface area contributed by atoms with Crippen molar-refractivity contribution in [3.8, 4) is 0 Å². The molecule has 2 unspecified atom stereocenters. The number of nitrogens with zero attached hydrogens (tertiary/aromatic N) is 6. The molecule has 10 N–H and O–H groups in total. The number of anilines is 1. The van der Waals surface area contributed by atoms with Crippen LogP contribution in [0.25, 0.3) is 0 Å². The van der Waals surface area contributed by atoms with Crippen molar-refractivity contribution < 1.29 is 82.7 Å². The lowest BCUT2D eigenvalue weighted by Gasteiger charge is -2.36. The molecule has 3 fully saturated rings. The topological polar surface area (TPSA) is 387 Å². The van der Waals surface area contributed by atoms with Gasteiger partial charge in [0.2, 0.25) is 53.5 Å². The number of amides is 8. The number of aliphatic hydroxyl groups excluding tert-OH is 1. The first-order valence-electron chi connectivity index (χ1n) is 27.5. The number of hydrogen-bond donors (Lipinski definition) is 10. The summed E-state index contributed by atoms with van der Waals surface area (Å²) in [6.45, 7) is 6.12. The highest BCUT2D eigenvalue weighted by Crippen LogP contribution is 2.39. The maximum Gasteiger partial charge on any atom is 0.317 e. The highest BCUT2D eigenvalue weighted by Gasteiger charge is 2.46. The number of carbonyl (C=O) groups excluding carboxylic acids is 9. The standard InChI is InChI=1S/C52H76N12O17/c1-3-31(2)46(50(78)56-35-8-7-32-5-4-6-33-25-37(64(47(32)33)51(35)79)49(77)57-36-26-45(75)81-52(36)80)58-39(66)12-13-53-38(65)11-14-54-48(76)34(9-10-42(69)70)55-40(67)27-59-21-23-63(24-22-59)41(68)28-60-15-17-61(29-43(71)72)19-20-62(18-16-60)30-44(73)74/h4-6,31,34-37,46,52,80H,3,7-30H2,1-2H3,(H,53,65)(H,54,76)(H,55,67)(H,56,78)(H,57,77)(H,58,66)(H,69,70)(H,71,72)(H,73,74)/t31-,34+,35-,36?,37-,46-,52?/m0/s1. The summed E-state index contributed by atoms with van der Waals surface area (Å²) in [4.78, 5) is 164. The fourth-order valence-electron chi connectivity index (χ4n) is 10.4. The molecule has 446 valence electrons. The number of benzene rings is 1. The van der Waals surface area contributed by atoms with Crippen molar-refractivity contribution in [1.29, 1.82) is 0 Å². The van der Waals surface area contributed by atoms with Crippen LogP contribution in [0.4, 0.5) is 5.69 Å². The first-order chi connectivity index (χ1) is 38.6. The number of piperazine rings is 1. The van der Waals surface area contributed by atoms with E-state index >= 15 is 0 Å². The second-order valence-electron chi connectivity index (χ2n) is 21.0. The Balaban J connectivity index is 0.914. The summed E-state index contributed by atoms with van der Waals surface area (Å²) in [5, 5.41) is 54.0. The number of ether oxygens (including phenoxy) is 1. The molecule has 0 saturated carbocycles. The molecule has 6 rings (SSSR count). The predicted molar refractivity (Wildman–Crippen MR) is 283 cm³/mol. The molecule has 3 saturated heterocycles. The summed E-state index contributed by atoms with van der Waals surface area (Å²) >= 11 is 0. The number of carboxylic acid groups (broad SMARTS) is 3. The SMILES string of the molecule is CC[C@H](C)[C@H](NC(=O)CCNC(=O)CCNC(=O)[C@@H](CCC(=O)O)NC(=O)CN1CCN(C(=O)CN2CCN(CC(=O)O)CCN(CC(=O)O)CC2)CC1)C(=O)N[C@H]1CCc2cccc3c2N(C1=O)[C@H](C(=O)NC1CC(=O)OC1O)C3. The van der Waals surface area contributed by atoms with E-state index in [-0.39, 0.29) is 96.8 Å². The van der Waals surface area contributed by atoms with Crippen LogP contribution in [0.2, 0.25) is 0 Å². The first kappa shape index (κ1) is 62.9. The number of cyclic esters (lactones) is 1. The average Bonchev–Trinajstić information content (AvgIpc) is 4.12. The van der Waals surface area contributed by atoms with Crippen LogP contribution in [-0.4, -0.2) is 257 Å². The third-order valence-corrected chi connectivity index (χ3v) is 15.1. The van der Waals surface area contributed by atoms with E-state index in [1.165, 1.54) is 4.90 Å². The van der Waals surface area contributed by atoms with E-state index in [0.29, 0.717) is 70.9 Å². The van der Waals surface area contributed by atoms with E-state index in [9.17, 15) is 78.0 Å². The lowest BCUT2D eigenvalue weighted by Crippen LogP contribution is -2.59. The molecule has 1 aromatic rings. The van der Waals surface area contributed by atoms with E-state index in [1.54, 1.807) is 32.6 Å². The Bertz CT molecular complexity index is 2480. The maximum atomic E-state index is 14.3. The third kappa shape index (κ3) is 18.6. The van der Waals surface area contributed by atoms with Crippen LogP contribution >= 0.6 is 0 Å². The smallest absolute Gasteiger partial charge is 0.317 e. The zero-order chi connectivity index (χ0) is 58.9. The zero-order valence-corrected chi connectivity index (χ0v) is 45.7. The fourth-order valence-corrected chi connectivity index (χ4v) is 10.4. The molecule has 0 bridgehead atoms. The van der Waals surface area contributed by atoms with Gasteiger partial charge in [-0.25, -0.2) is 0 Å². The van der Waals surface area contributed by atoms with E-state index in [0.717, 1.165) is 11.1 Å². The number of aryl methyl sites for hydroxylation is 1. The predicted octanol–water partition coefficient (Wildman–Crippen LogP) is -4.75. The van der Waals surface area contributed by atoms with Crippen molar-refractivity contribution >= 4 is 76.8 Å². The molecule has 29 heteroatoms.